The first-order chi connectivity index (χ1) is 13.5. The summed E-state index contributed by atoms with van der Waals surface area (Å²) in [6.45, 7) is 7.93. The Morgan fingerprint density at radius 3 is 2.75 bits per heavy atom. The molecule has 1 saturated heterocycles. The number of guanidine groups is 1. The topological polar surface area (TPSA) is 58.1 Å². The molecule has 4 rings (SSSR count). The van der Waals surface area contributed by atoms with Gasteiger partial charge in [-0.05, 0) is 37.0 Å². The van der Waals surface area contributed by atoms with E-state index in [1.165, 1.54) is 44.2 Å². The summed E-state index contributed by atoms with van der Waals surface area (Å²) in [5.74, 6) is 2.57. The summed E-state index contributed by atoms with van der Waals surface area (Å²) in [7, 11) is 1.85. The van der Waals surface area contributed by atoms with Crippen molar-refractivity contribution in [1.29, 1.82) is 0 Å². The minimum absolute atomic E-state index is 0.0514. The van der Waals surface area contributed by atoms with E-state index in [9.17, 15) is 0 Å². The zero-order chi connectivity index (χ0) is 19.6. The highest BCUT2D eigenvalue weighted by molar-refractivity contribution is 5.80. The molecule has 0 aromatic heterocycles. The van der Waals surface area contributed by atoms with Gasteiger partial charge in [0.25, 0.3) is 0 Å². The van der Waals surface area contributed by atoms with E-state index in [-0.39, 0.29) is 5.41 Å². The summed E-state index contributed by atoms with van der Waals surface area (Å²) >= 11 is 0. The van der Waals surface area contributed by atoms with Gasteiger partial charge in [0.15, 0.2) is 17.5 Å². The van der Waals surface area contributed by atoms with Gasteiger partial charge in [-0.3, -0.25) is 9.89 Å². The smallest absolute Gasteiger partial charge is 0.231 e. The molecule has 2 N–H and O–H groups in total. The van der Waals surface area contributed by atoms with Crippen molar-refractivity contribution in [1.82, 2.24) is 15.5 Å². The van der Waals surface area contributed by atoms with Crippen molar-refractivity contribution in [2.45, 2.75) is 63.5 Å². The molecule has 1 atom stereocenters. The number of ether oxygens (including phenoxy) is 2. The zero-order valence-corrected chi connectivity index (χ0v) is 17.5. The lowest BCUT2D eigenvalue weighted by atomic mass is 9.84. The summed E-state index contributed by atoms with van der Waals surface area (Å²) in [5.41, 5.74) is 1.18. The summed E-state index contributed by atoms with van der Waals surface area (Å²) in [4.78, 5) is 7.13. The maximum absolute atomic E-state index is 5.54. The Kier molecular flexibility index (Phi) is 5.67. The molecule has 6 heteroatoms. The molecule has 1 saturated carbocycles. The van der Waals surface area contributed by atoms with Crippen molar-refractivity contribution in [3.05, 3.63) is 23.8 Å². The van der Waals surface area contributed by atoms with Crippen LogP contribution in [0.3, 0.4) is 0 Å². The van der Waals surface area contributed by atoms with Crippen LogP contribution >= 0.6 is 0 Å². The monoisotopic (exact) mass is 386 g/mol. The first kappa shape index (κ1) is 19.4. The van der Waals surface area contributed by atoms with Crippen LogP contribution in [0.5, 0.6) is 11.5 Å². The quantitative estimate of drug-likeness (QED) is 0.602. The zero-order valence-electron chi connectivity index (χ0n) is 17.5. The van der Waals surface area contributed by atoms with Crippen molar-refractivity contribution in [3.8, 4) is 11.5 Å². The van der Waals surface area contributed by atoms with E-state index in [0.29, 0.717) is 12.8 Å². The number of nitrogens with zero attached hydrogens (tertiary/aromatic N) is 2. The molecular weight excluding hydrogens is 352 g/mol. The number of fused-ring (bicyclic) bond motifs is 1. The Morgan fingerprint density at radius 1 is 1.18 bits per heavy atom. The van der Waals surface area contributed by atoms with Crippen LogP contribution in [-0.2, 0) is 5.41 Å². The molecule has 0 bridgehead atoms. The van der Waals surface area contributed by atoms with Crippen LogP contribution in [0.25, 0.3) is 0 Å². The minimum atomic E-state index is -0.0514. The average molecular weight is 387 g/mol. The molecule has 1 unspecified atom stereocenters. The second-order valence-corrected chi connectivity index (χ2v) is 8.94. The molecule has 28 heavy (non-hydrogen) atoms. The normalized spacial score (nSPS) is 23.4. The third-order valence-corrected chi connectivity index (χ3v) is 6.48. The van der Waals surface area contributed by atoms with Gasteiger partial charge in [0.2, 0.25) is 6.79 Å². The molecule has 1 aliphatic carbocycles. The Balaban J connectivity index is 1.30. The van der Waals surface area contributed by atoms with Gasteiger partial charge in [-0.2, -0.15) is 0 Å². The highest BCUT2D eigenvalue weighted by Crippen LogP contribution is 2.36. The Bertz CT molecular complexity index is 712. The predicted octanol–water partition coefficient (Wildman–Crippen LogP) is 2.87. The minimum Gasteiger partial charge on any atom is -0.454 e. The van der Waals surface area contributed by atoms with E-state index in [0.717, 1.165) is 36.6 Å². The molecule has 1 aromatic carbocycles. The Labute approximate surface area is 168 Å². The van der Waals surface area contributed by atoms with E-state index in [2.05, 4.69) is 46.5 Å². The third-order valence-electron chi connectivity index (χ3n) is 6.48. The highest BCUT2D eigenvalue weighted by Gasteiger charge is 2.30. The number of hydrogen-bond donors (Lipinski definition) is 2. The summed E-state index contributed by atoms with van der Waals surface area (Å²) < 4.78 is 11.0. The number of nitrogens with one attached hydrogen (secondary N) is 2. The van der Waals surface area contributed by atoms with Gasteiger partial charge in [-0.15, -0.1) is 0 Å². The van der Waals surface area contributed by atoms with Gasteiger partial charge in [0, 0.05) is 44.2 Å². The van der Waals surface area contributed by atoms with Crippen LogP contribution in [0.1, 0.15) is 51.5 Å². The van der Waals surface area contributed by atoms with Crippen molar-refractivity contribution >= 4 is 5.96 Å². The lowest BCUT2D eigenvalue weighted by Crippen LogP contribution is -2.48. The second kappa shape index (κ2) is 8.19. The van der Waals surface area contributed by atoms with E-state index in [4.69, 9.17) is 9.47 Å². The maximum atomic E-state index is 5.54. The summed E-state index contributed by atoms with van der Waals surface area (Å²) in [6, 6.07) is 7.52. The highest BCUT2D eigenvalue weighted by atomic mass is 16.7. The van der Waals surface area contributed by atoms with Crippen LogP contribution < -0.4 is 20.1 Å². The first-order valence-electron chi connectivity index (χ1n) is 10.7. The van der Waals surface area contributed by atoms with Gasteiger partial charge in [0.1, 0.15) is 0 Å². The number of likely N-dealkylation sites (tertiary alicyclic amines) is 1. The lowest BCUT2D eigenvalue weighted by molar-refractivity contribution is 0.174. The number of aliphatic imine (C=N–C) groups is 1. The molecule has 0 radical (unpaired) electrons. The first-order valence-corrected chi connectivity index (χ1v) is 10.7. The van der Waals surface area contributed by atoms with Crippen LogP contribution in [-0.4, -0.2) is 56.4 Å². The lowest BCUT2D eigenvalue weighted by Gasteiger charge is -2.28. The molecule has 2 fully saturated rings. The average Bonchev–Trinajstić information content (AvgIpc) is 3.45. The van der Waals surface area contributed by atoms with Crippen LogP contribution in [0.2, 0.25) is 0 Å². The van der Waals surface area contributed by atoms with Gasteiger partial charge in [0.05, 0.1) is 0 Å². The van der Waals surface area contributed by atoms with E-state index in [1.54, 1.807) is 0 Å². The standard InChI is InChI=1S/C22H34N4O2/c1-22(2,16-8-9-19-20(12-16)28-15-27-19)14-24-21(23-3)25-17-10-11-26(13-17)18-6-4-5-7-18/h8-9,12,17-18H,4-7,10-11,13-15H2,1-3H3,(H2,23,24,25). The van der Waals surface area contributed by atoms with Crippen LogP contribution in [0.4, 0.5) is 0 Å². The molecule has 2 heterocycles. The van der Waals surface area contributed by atoms with Crippen LogP contribution in [0.15, 0.2) is 23.2 Å². The van der Waals surface area contributed by atoms with Crippen LogP contribution in [0, 0.1) is 0 Å². The van der Waals surface area contributed by atoms with Gasteiger partial charge in [-0.25, -0.2) is 0 Å². The molecule has 0 spiro atoms. The number of hydrogen-bond acceptors (Lipinski definition) is 4. The fraction of sp³-hybridized carbons (Fsp3) is 0.682. The summed E-state index contributed by atoms with van der Waals surface area (Å²) in [6.07, 6.45) is 6.75. The third kappa shape index (κ3) is 4.22. The molecular formula is C22H34N4O2. The Morgan fingerprint density at radius 2 is 1.96 bits per heavy atom. The number of rotatable bonds is 5. The predicted molar refractivity (Wildman–Crippen MR) is 112 cm³/mol. The molecule has 3 aliphatic rings. The fourth-order valence-corrected chi connectivity index (χ4v) is 4.62. The van der Waals surface area contributed by atoms with E-state index >= 15 is 0 Å². The molecule has 1 aromatic rings. The summed E-state index contributed by atoms with van der Waals surface area (Å²) in [5, 5.41) is 7.17. The van der Waals surface area contributed by atoms with Crippen molar-refractivity contribution < 1.29 is 9.47 Å². The molecule has 0 amide bonds. The van der Waals surface area contributed by atoms with Gasteiger partial charge < -0.3 is 20.1 Å². The van der Waals surface area contributed by atoms with Crippen molar-refractivity contribution in [3.63, 3.8) is 0 Å². The molecule has 6 nitrogen and oxygen atoms in total. The maximum Gasteiger partial charge on any atom is 0.231 e. The fourth-order valence-electron chi connectivity index (χ4n) is 4.62. The van der Waals surface area contributed by atoms with Gasteiger partial charge in [-0.1, -0.05) is 32.8 Å². The van der Waals surface area contributed by atoms with E-state index in [1.807, 2.05) is 13.1 Å². The van der Waals surface area contributed by atoms with E-state index < -0.39 is 0 Å². The SMILES string of the molecule is CN=C(NCC(C)(C)c1ccc2c(c1)OCO2)NC1CCN(C2CCCC2)C1. The van der Waals surface area contributed by atoms with Crippen molar-refractivity contribution in [2.24, 2.45) is 4.99 Å². The largest absolute Gasteiger partial charge is 0.454 e. The van der Waals surface area contributed by atoms with Gasteiger partial charge >= 0.3 is 0 Å². The molecule has 154 valence electrons. The van der Waals surface area contributed by atoms with Crippen molar-refractivity contribution in [2.75, 3.05) is 33.5 Å². The Hall–Kier alpha value is -1.95. The second-order valence-electron chi connectivity index (χ2n) is 8.94. The number of benzene rings is 1. The molecule has 2 aliphatic heterocycles.